The highest BCUT2D eigenvalue weighted by atomic mass is 19.1. The topological polar surface area (TPSA) is 20.2 Å². The van der Waals surface area contributed by atoms with Crippen molar-refractivity contribution in [2.24, 2.45) is 0 Å². The summed E-state index contributed by atoms with van der Waals surface area (Å²) in [5.74, 6) is 0. The molecule has 0 radical (unpaired) electrons. The molecule has 0 aliphatic rings. The Kier molecular flexibility index (Phi) is 7.91. The van der Waals surface area contributed by atoms with E-state index in [-0.39, 0.29) is 12.8 Å². The average molecular weight is 162 g/mol. The molecule has 0 saturated carbocycles. The summed E-state index contributed by atoms with van der Waals surface area (Å²) in [6.45, 7) is 1.62. The van der Waals surface area contributed by atoms with E-state index in [1.807, 2.05) is 6.92 Å². The smallest absolute Gasteiger partial charge is 0.0894 e. The van der Waals surface area contributed by atoms with Crippen LogP contribution in [0.5, 0.6) is 0 Å². The molecule has 0 rings (SSSR count). The van der Waals surface area contributed by atoms with E-state index in [1.165, 1.54) is 0 Å². The van der Waals surface area contributed by atoms with Crippen LogP contribution in [0.2, 0.25) is 0 Å². The second-order valence-corrected chi connectivity index (χ2v) is 3.09. The molecule has 68 valence electrons. The Labute approximate surface area is 68.6 Å². The molecule has 0 aliphatic heterocycles. The Bertz CT molecular complexity index is 74.0. The van der Waals surface area contributed by atoms with Gasteiger partial charge < -0.3 is 5.11 Å². The molecule has 0 spiro atoms. The molecule has 1 unspecified atom stereocenters. The molecule has 0 aromatic rings. The number of alkyl halides is 1. The van der Waals surface area contributed by atoms with Crippen LogP contribution in [0.25, 0.3) is 0 Å². The van der Waals surface area contributed by atoms with E-state index in [0.717, 1.165) is 32.1 Å². The minimum atomic E-state index is -0.184. The normalized spacial score (nSPS) is 13.4. The minimum absolute atomic E-state index is 0.170. The average Bonchev–Trinajstić information content (AvgIpc) is 1.96. The molecule has 0 aliphatic carbocycles. The second kappa shape index (κ2) is 7.99. The summed E-state index contributed by atoms with van der Waals surface area (Å²) in [5, 5.41) is 8.90. The van der Waals surface area contributed by atoms with Crippen LogP contribution in [0.15, 0.2) is 0 Å². The molecule has 0 saturated heterocycles. The summed E-state index contributed by atoms with van der Waals surface area (Å²) in [6, 6.07) is 0. The van der Waals surface area contributed by atoms with Gasteiger partial charge in [0.25, 0.3) is 0 Å². The number of unbranched alkanes of at least 4 members (excludes halogenated alkanes) is 4. The fourth-order valence-electron chi connectivity index (χ4n) is 1.06. The molecule has 0 aromatic heterocycles. The maximum atomic E-state index is 11.6. The molecule has 2 heteroatoms. The monoisotopic (exact) mass is 162 g/mol. The lowest BCUT2D eigenvalue weighted by atomic mass is 10.1. The van der Waals surface area contributed by atoms with Gasteiger partial charge in [0.05, 0.1) is 12.8 Å². The molecule has 11 heavy (non-hydrogen) atoms. The number of halogens is 1. The molecule has 0 fully saturated rings. The van der Waals surface area contributed by atoms with Crippen LogP contribution in [0.1, 0.15) is 45.4 Å². The van der Waals surface area contributed by atoms with Crippen molar-refractivity contribution in [2.45, 2.75) is 51.6 Å². The van der Waals surface area contributed by atoms with E-state index >= 15 is 0 Å². The summed E-state index contributed by atoms with van der Waals surface area (Å²) < 4.78 is 11.6. The zero-order valence-corrected chi connectivity index (χ0v) is 7.35. The second-order valence-electron chi connectivity index (χ2n) is 3.09. The van der Waals surface area contributed by atoms with Gasteiger partial charge in [0.2, 0.25) is 0 Å². The van der Waals surface area contributed by atoms with E-state index < -0.39 is 0 Å². The third-order valence-electron chi connectivity index (χ3n) is 1.76. The van der Waals surface area contributed by atoms with Gasteiger partial charge in [-0.1, -0.05) is 25.7 Å². The zero-order chi connectivity index (χ0) is 8.53. The first-order valence-corrected chi connectivity index (χ1v) is 4.51. The lowest BCUT2D eigenvalue weighted by Gasteiger charge is -2.02. The molecule has 1 nitrogen and oxygen atoms in total. The molecule has 0 aromatic carbocycles. The molecule has 1 N–H and O–H groups in total. The molecular formula is C9H19FO. The first kappa shape index (κ1) is 10.9. The fraction of sp³-hybridized carbons (Fsp3) is 1.00. The summed E-state index contributed by atoms with van der Waals surface area (Å²) in [7, 11) is 0. The number of rotatable bonds is 7. The lowest BCUT2D eigenvalue weighted by molar-refractivity contribution is 0.180. The van der Waals surface area contributed by atoms with Gasteiger partial charge >= 0.3 is 0 Å². The highest BCUT2D eigenvalue weighted by molar-refractivity contribution is 4.48. The first-order valence-electron chi connectivity index (χ1n) is 4.51. The summed E-state index contributed by atoms with van der Waals surface area (Å²) >= 11 is 0. The third-order valence-corrected chi connectivity index (χ3v) is 1.76. The third kappa shape index (κ3) is 9.89. The highest BCUT2D eigenvalue weighted by Crippen LogP contribution is 2.06. The van der Waals surface area contributed by atoms with E-state index in [4.69, 9.17) is 5.11 Å². The molecule has 0 bridgehead atoms. The van der Waals surface area contributed by atoms with E-state index in [9.17, 15) is 4.39 Å². The van der Waals surface area contributed by atoms with Gasteiger partial charge in [-0.25, -0.2) is 0 Å². The Morgan fingerprint density at radius 2 is 1.64 bits per heavy atom. The van der Waals surface area contributed by atoms with Gasteiger partial charge in [-0.15, -0.1) is 0 Å². The predicted molar refractivity (Wildman–Crippen MR) is 45.4 cm³/mol. The Hall–Kier alpha value is -0.110. The van der Waals surface area contributed by atoms with Crippen molar-refractivity contribution < 1.29 is 9.50 Å². The van der Waals surface area contributed by atoms with Gasteiger partial charge in [0.1, 0.15) is 0 Å². The SMILES string of the molecule is CC(O)CCCCCCCF. The largest absolute Gasteiger partial charge is 0.393 e. The summed E-state index contributed by atoms with van der Waals surface area (Å²) in [4.78, 5) is 0. The maximum absolute atomic E-state index is 11.6. The van der Waals surface area contributed by atoms with Crippen molar-refractivity contribution in [3.63, 3.8) is 0 Å². The maximum Gasteiger partial charge on any atom is 0.0894 e. The highest BCUT2D eigenvalue weighted by Gasteiger charge is 1.94. The van der Waals surface area contributed by atoms with Gasteiger partial charge in [0, 0.05) is 0 Å². The zero-order valence-electron chi connectivity index (χ0n) is 7.35. The van der Waals surface area contributed by atoms with Crippen LogP contribution in [0.4, 0.5) is 4.39 Å². The number of hydrogen-bond donors (Lipinski definition) is 1. The van der Waals surface area contributed by atoms with Crippen molar-refractivity contribution in [1.29, 1.82) is 0 Å². The van der Waals surface area contributed by atoms with E-state index in [2.05, 4.69) is 0 Å². The lowest BCUT2D eigenvalue weighted by Crippen LogP contribution is -1.98. The van der Waals surface area contributed by atoms with Gasteiger partial charge in [-0.05, 0) is 19.8 Å². The van der Waals surface area contributed by atoms with Crippen molar-refractivity contribution >= 4 is 0 Å². The van der Waals surface area contributed by atoms with Crippen LogP contribution >= 0.6 is 0 Å². The van der Waals surface area contributed by atoms with Crippen LogP contribution in [0.3, 0.4) is 0 Å². The molecular weight excluding hydrogens is 143 g/mol. The van der Waals surface area contributed by atoms with Gasteiger partial charge in [0.15, 0.2) is 0 Å². The van der Waals surface area contributed by atoms with Gasteiger partial charge in [-0.2, -0.15) is 0 Å². The number of hydrogen-bond acceptors (Lipinski definition) is 1. The van der Waals surface area contributed by atoms with Gasteiger partial charge in [-0.3, -0.25) is 4.39 Å². The molecule has 1 atom stereocenters. The van der Waals surface area contributed by atoms with Crippen molar-refractivity contribution in [3.8, 4) is 0 Å². The summed E-state index contributed by atoms with van der Waals surface area (Å²) in [5.41, 5.74) is 0. The Balaban J connectivity index is 2.80. The van der Waals surface area contributed by atoms with Crippen LogP contribution in [-0.2, 0) is 0 Å². The quantitative estimate of drug-likeness (QED) is 0.571. The van der Waals surface area contributed by atoms with Crippen LogP contribution in [0, 0.1) is 0 Å². The summed E-state index contributed by atoms with van der Waals surface area (Å²) in [6.07, 6.45) is 5.72. The first-order chi connectivity index (χ1) is 5.27. The Morgan fingerprint density at radius 3 is 2.18 bits per heavy atom. The van der Waals surface area contributed by atoms with Crippen LogP contribution in [-0.4, -0.2) is 17.9 Å². The fourth-order valence-corrected chi connectivity index (χ4v) is 1.06. The Morgan fingerprint density at radius 1 is 1.09 bits per heavy atom. The van der Waals surface area contributed by atoms with E-state index in [1.54, 1.807) is 0 Å². The van der Waals surface area contributed by atoms with Crippen LogP contribution < -0.4 is 0 Å². The number of aliphatic hydroxyl groups excluding tert-OH is 1. The minimum Gasteiger partial charge on any atom is -0.393 e. The molecule has 0 amide bonds. The standard InChI is InChI=1S/C9H19FO/c1-9(11)7-5-3-2-4-6-8-10/h9,11H,2-8H2,1H3. The predicted octanol–water partition coefficient (Wildman–Crippen LogP) is 2.68. The van der Waals surface area contributed by atoms with Crippen molar-refractivity contribution in [1.82, 2.24) is 0 Å². The molecule has 0 heterocycles. The van der Waals surface area contributed by atoms with E-state index in [0.29, 0.717) is 6.42 Å². The van der Waals surface area contributed by atoms with Crippen molar-refractivity contribution in [2.75, 3.05) is 6.67 Å². The van der Waals surface area contributed by atoms with Crippen molar-refractivity contribution in [3.05, 3.63) is 0 Å². The number of aliphatic hydroxyl groups is 1.